The van der Waals surface area contributed by atoms with Crippen molar-refractivity contribution >= 4 is 103 Å². The number of nitrogens with zero attached hydrogens (tertiary/aromatic N) is 6. The summed E-state index contributed by atoms with van der Waals surface area (Å²) in [5.74, 6) is -2.14. The molecule has 0 fully saturated rings. The Morgan fingerprint density at radius 2 is 0.815 bits per heavy atom. The molecule has 0 spiro atoms. The minimum Gasteiger partial charge on any atom is -0.481 e. The molecule has 0 saturated heterocycles. The Bertz CT molecular complexity index is 3190. The van der Waals surface area contributed by atoms with Gasteiger partial charge >= 0.3 is 5.97 Å². The third-order valence-corrected chi connectivity index (χ3v) is 12.6. The number of anilines is 2. The van der Waals surface area contributed by atoms with Gasteiger partial charge in [0, 0.05) is 43.5 Å². The standard InChI is InChI=1S/C31H44N6O9.C30H42N6O10/c1-5-43-17-24-35-28-29(37(24)20-31(3,4)42)22-8-6-7-9-23(22)34-30(28)36-25(39)16-33-27(41)19-46-15-13-44-12-14-45-18-26(40)32-11-10-21(2)38;1-4-43-16-22-34-27-28(36(22)19-30(2,3)42)20-7-5-6-8-21(20)33-29(27)35-23(37)15-32-25(39)18-46-14-12-44-11-13-45-17-24(38)31-10-9-26(40)41/h6-9,42H,5,10-20H2,1-4H3,(H,32,40)(H,33,41)(H,34,36,39);5-8,42H,4,9-19H2,1-3H3,(H,31,38)(H,32,39)(H,40,41)(H,33,35,37). The number of Topliss-reactive ketones (excluding diaryl/α,β-unsaturated/α-hetero) is 1. The first-order chi connectivity index (χ1) is 44.0. The average Bonchev–Trinajstić information content (AvgIpc) is 1.57. The van der Waals surface area contributed by atoms with Gasteiger partial charge in [0.1, 0.15) is 68.1 Å². The van der Waals surface area contributed by atoms with Gasteiger partial charge < -0.3 is 94.2 Å². The van der Waals surface area contributed by atoms with E-state index in [4.69, 9.17) is 53.0 Å². The number of carboxylic acids is 1. The summed E-state index contributed by atoms with van der Waals surface area (Å²) >= 11 is 0. The molecule has 0 radical (unpaired) electrons. The van der Waals surface area contributed by atoms with Crippen LogP contribution in [-0.2, 0) is 103 Å². The molecule has 4 heterocycles. The maximum absolute atomic E-state index is 12.8. The number of ketones is 1. The Balaban J connectivity index is 0.000000334. The monoisotopic (exact) mass is 1290 g/mol. The number of carbonyl (C=O) groups is 8. The number of aliphatic hydroxyl groups is 2. The second-order valence-corrected chi connectivity index (χ2v) is 21.9. The van der Waals surface area contributed by atoms with Crippen LogP contribution in [0.5, 0.6) is 0 Å². The van der Waals surface area contributed by atoms with Crippen molar-refractivity contribution in [2.75, 3.05) is 129 Å². The summed E-state index contributed by atoms with van der Waals surface area (Å²) < 4.78 is 46.5. The smallest absolute Gasteiger partial charge is 0.305 e. The molecule has 9 N–H and O–H groups in total. The highest BCUT2D eigenvalue weighted by molar-refractivity contribution is 6.11. The number of benzene rings is 2. The Hall–Kier alpha value is -8.24. The topological polar surface area (TPSA) is 405 Å². The normalized spacial score (nSPS) is 11.6. The van der Waals surface area contributed by atoms with Crippen LogP contribution in [0.2, 0.25) is 0 Å². The number of nitrogens with one attached hydrogen (secondary N) is 6. The summed E-state index contributed by atoms with van der Waals surface area (Å²) in [6, 6.07) is 14.9. The zero-order chi connectivity index (χ0) is 67.1. The summed E-state index contributed by atoms with van der Waals surface area (Å²) in [6.07, 6.45) is 0.113. The minimum atomic E-state index is -1.05. The fourth-order valence-corrected chi connectivity index (χ4v) is 8.60. The van der Waals surface area contributed by atoms with Crippen molar-refractivity contribution < 1.29 is 91.6 Å². The van der Waals surface area contributed by atoms with Crippen molar-refractivity contribution in [2.45, 2.75) is 98.8 Å². The molecule has 31 heteroatoms. The summed E-state index contributed by atoms with van der Waals surface area (Å²) in [4.78, 5) is 113. The van der Waals surface area contributed by atoms with E-state index in [1.807, 2.05) is 71.5 Å². The number of hydrogen-bond donors (Lipinski definition) is 9. The molecule has 6 amide bonds. The molecule has 0 bridgehead atoms. The first-order valence-electron chi connectivity index (χ1n) is 30.0. The predicted molar refractivity (Wildman–Crippen MR) is 335 cm³/mol. The van der Waals surface area contributed by atoms with Crippen LogP contribution in [0.15, 0.2) is 48.5 Å². The molecule has 6 aromatic rings. The molecule has 0 unspecified atom stereocenters. The van der Waals surface area contributed by atoms with Gasteiger partial charge in [-0.1, -0.05) is 36.4 Å². The zero-order valence-corrected chi connectivity index (χ0v) is 53.1. The Morgan fingerprint density at radius 3 is 1.16 bits per heavy atom. The Labute approximate surface area is 531 Å². The van der Waals surface area contributed by atoms with Gasteiger partial charge in [-0.15, -0.1) is 0 Å². The van der Waals surface area contributed by atoms with Gasteiger partial charge in [0.05, 0.1) is 119 Å². The van der Waals surface area contributed by atoms with Gasteiger partial charge in [0.15, 0.2) is 11.6 Å². The number of fused-ring (bicyclic) bond motifs is 6. The molecule has 0 aliphatic rings. The molecule has 0 aliphatic carbocycles. The third kappa shape index (κ3) is 26.5. The van der Waals surface area contributed by atoms with Crippen LogP contribution in [0.1, 0.15) is 73.0 Å². The molecule has 0 atom stereocenters. The number of ether oxygens (including phenoxy) is 8. The number of amides is 6. The third-order valence-electron chi connectivity index (χ3n) is 12.6. The number of para-hydroxylation sites is 2. The number of aliphatic carboxylic acids is 1. The Morgan fingerprint density at radius 1 is 0.467 bits per heavy atom. The van der Waals surface area contributed by atoms with E-state index in [2.05, 4.69) is 41.9 Å². The maximum Gasteiger partial charge on any atom is 0.305 e. The van der Waals surface area contributed by atoms with Gasteiger partial charge in [-0.3, -0.25) is 38.4 Å². The van der Waals surface area contributed by atoms with Crippen LogP contribution in [0, 0.1) is 0 Å². The number of rotatable bonds is 42. The van der Waals surface area contributed by atoms with E-state index in [-0.39, 0.29) is 168 Å². The summed E-state index contributed by atoms with van der Waals surface area (Å²) in [6.45, 7) is 14.0. The van der Waals surface area contributed by atoms with Crippen LogP contribution in [0.25, 0.3) is 43.9 Å². The largest absolute Gasteiger partial charge is 0.481 e. The van der Waals surface area contributed by atoms with Crippen molar-refractivity contribution in [3.8, 4) is 0 Å². The molecular formula is C61H86N12O19. The van der Waals surface area contributed by atoms with Crippen LogP contribution < -0.4 is 31.9 Å². The van der Waals surface area contributed by atoms with Gasteiger partial charge in [-0.25, -0.2) is 19.9 Å². The zero-order valence-electron chi connectivity index (χ0n) is 53.1. The summed E-state index contributed by atoms with van der Waals surface area (Å²) in [7, 11) is 0. The maximum atomic E-state index is 12.8. The molecule has 0 saturated carbocycles. The number of imidazole rings is 2. The lowest BCUT2D eigenvalue weighted by Gasteiger charge is -2.20. The molecule has 31 nitrogen and oxygen atoms in total. The second-order valence-electron chi connectivity index (χ2n) is 21.9. The second kappa shape index (κ2) is 38.6. The van der Waals surface area contributed by atoms with E-state index in [1.54, 1.807) is 27.7 Å². The average molecular weight is 1290 g/mol. The highest BCUT2D eigenvalue weighted by atomic mass is 16.6. The summed E-state index contributed by atoms with van der Waals surface area (Å²) in [5, 5.41) is 46.9. The minimum absolute atomic E-state index is 0.00258. The van der Waals surface area contributed by atoms with Crippen LogP contribution in [0.3, 0.4) is 0 Å². The fraction of sp³-hybridized carbons (Fsp3) is 0.541. The predicted octanol–water partition coefficient (Wildman–Crippen LogP) is 1.68. The number of carboxylic acid groups (broad SMARTS) is 1. The molecule has 0 aliphatic heterocycles. The molecule has 2 aromatic carbocycles. The van der Waals surface area contributed by atoms with E-state index < -0.39 is 46.7 Å². The molecule has 6 rings (SSSR count). The van der Waals surface area contributed by atoms with Crippen molar-refractivity contribution in [3.63, 3.8) is 0 Å². The fourth-order valence-electron chi connectivity index (χ4n) is 8.60. The number of hydrogen-bond acceptors (Lipinski definition) is 22. The lowest BCUT2D eigenvalue weighted by atomic mass is 10.1. The highest BCUT2D eigenvalue weighted by Crippen LogP contribution is 2.33. The SMILES string of the molecule is CCOCc1nc2c(NC(=O)CNC(=O)COCCOCCOCC(=O)NCCC(=O)O)nc3ccccc3c2n1CC(C)(C)O.CCOCc1nc2c(NC(=O)CNC(=O)COCCOCCOCC(=O)NCCC(C)=O)nc3ccccc3c2n1CC(C)(C)O. The number of carbonyl (C=O) groups excluding carboxylic acids is 7. The van der Waals surface area contributed by atoms with Gasteiger partial charge in [0.2, 0.25) is 35.4 Å². The van der Waals surface area contributed by atoms with E-state index in [1.165, 1.54) is 6.92 Å². The lowest BCUT2D eigenvalue weighted by Crippen LogP contribution is -2.35. The van der Waals surface area contributed by atoms with E-state index >= 15 is 0 Å². The number of aromatic nitrogens is 6. The van der Waals surface area contributed by atoms with Crippen LogP contribution in [-0.4, -0.2) is 221 Å². The van der Waals surface area contributed by atoms with Crippen LogP contribution in [0.4, 0.5) is 11.6 Å². The molecule has 92 heavy (non-hydrogen) atoms. The highest BCUT2D eigenvalue weighted by Gasteiger charge is 2.26. The summed E-state index contributed by atoms with van der Waals surface area (Å²) in [5.41, 5.74) is 1.43. The lowest BCUT2D eigenvalue weighted by molar-refractivity contribution is -0.137. The molecule has 504 valence electrons. The van der Waals surface area contributed by atoms with Crippen molar-refractivity contribution in [3.05, 3.63) is 60.2 Å². The van der Waals surface area contributed by atoms with Gasteiger partial charge in [0.25, 0.3) is 0 Å². The quantitative estimate of drug-likeness (QED) is 0.0246. The van der Waals surface area contributed by atoms with Gasteiger partial charge in [-0.05, 0) is 60.6 Å². The van der Waals surface area contributed by atoms with Crippen molar-refractivity contribution in [2.24, 2.45) is 0 Å². The Kier molecular flexibility index (Phi) is 31.2. The van der Waals surface area contributed by atoms with Crippen molar-refractivity contribution in [1.29, 1.82) is 0 Å². The molecular weight excluding hydrogens is 1200 g/mol. The van der Waals surface area contributed by atoms with E-state index in [0.717, 1.165) is 10.8 Å². The first-order valence-corrected chi connectivity index (χ1v) is 30.0. The molecule has 4 aromatic heterocycles. The van der Waals surface area contributed by atoms with E-state index in [9.17, 15) is 48.6 Å². The van der Waals surface area contributed by atoms with Gasteiger partial charge in [-0.2, -0.15) is 0 Å². The first kappa shape index (κ1) is 74.5. The van der Waals surface area contributed by atoms with Crippen molar-refractivity contribution in [1.82, 2.24) is 50.3 Å². The van der Waals surface area contributed by atoms with Crippen LogP contribution >= 0.6 is 0 Å². The van der Waals surface area contributed by atoms with E-state index in [0.29, 0.717) is 58.0 Å². The number of pyridine rings is 2.